The van der Waals surface area contributed by atoms with Crippen LogP contribution in [0.25, 0.3) is 0 Å². The zero-order valence-corrected chi connectivity index (χ0v) is 20.4. The summed E-state index contributed by atoms with van der Waals surface area (Å²) >= 11 is 0. The molecule has 0 spiro atoms. The summed E-state index contributed by atoms with van der Waals surface area (Å²) in [6, 6.07) is 0. The normalized spacial score (nSPS) is 13.9. The molecule has 4 nitrogen and oxygen atoms in total. The third-order valence-corrected chi connectivity index (χ3v) is 11.3. The Kier molecular flexibility index (Phi) is 22.7. The van der Waals surface area contributed by atoms with Crippen molar-refractivity contribution in [3.8, 4) is 0 Å². The highest BCUT2D eigenvalue weighted by atomic mass is 33.1. The van der Waals surface area contributed by atoms with E-state index in [4.69, 9.17) is 17.7 Å². The molecule has 0 rings (SSSR count). The molecule has 25 heavy (non-hydrogen) atoms. The highest BCUT2D eigenvalue weighted by Gasteiger charge is 2.22. The first kappa shape index (κ1) is 28.4. The number of rotatable bonds is 17. The van der Waals surface area contributed by atoms with Crippen molar-refractivity contribution in [2.75, 3.05) is 37.9 Å². The van der Waals surface area contributed by atoms with Crippen LogP contribution in [0.5, 0.6) is 0 Å². The predicted octanol–water partition coefficient (Wildman–Crippen LogP) is 3.06. The Morgan fingerprint density at radius 2 is 0.920 bits per heavy atom. The van der Waals surface area contributed by atoms with Crippen LogP contribution < -0.4 is 0 Å². The summed E-state index contributed by atoms with van der Waals surface area (Å²) in [6.07, 6.45) is 2.36. The SMILES string of the molecule is CCO[SiH](OCC)C(C)CCSSCCC(C)[SiH](OCC)OCC.[SiH4]. The highest BCUT2D eigenvalue weighted by molar-refractivity contribution is 8.76. The smallest absolute Gasteiger partial charge is 0.324 e. The van der Waals surface area contributed by atoms with Gasteiger partial charge in [0.05, 0.1) is 0 Å². The van der Waals surface area contributed by atoms with Gasteiger partial charge in [-0.05, 0) is 62.6 Å². The van der Waals surface area contributed by atoms with E-state index in [2.05, 4.69) is 41.5 Å². The molecule has 9 heteroatoms. The van der Waals surface area contributed by atoms with Crippen molar-refractivity contribution in [2.24, 2.45) is 0 Å². The molecule has 0 aliphatic heterocycles. The topological polar surface area (TPSA) is 36.9 Å². The van der Waals surface area contributed by atoms with Crippen molar-refractivity contribution in [2.45, 2.75) is 65.5 Å². The van der Waals surface area contributed by atoms with Crippen LogP contribution >= 0.6 is 21.6 Å². The van der Waals surface area contributed by atoms with E-state index >= 15 is 0 Å². The summed E-state index contributed by atoms with van der Waals surface area (Å²) in [7, 11) is 0.989. The van der Waals surface area contributed by atoms with E-state index in [0.717, 1.165) is 26.4 Å². The molecule has 0 radical (unpaired) electrons. The summed E-state index contributed by atoms with van der Waals surface area (Å²) in [5.74, 6) is 2.34. The van der Waals surface area contributed by atoms with Crippen LogP contribution in [0.15, 0.2) is 0 Å². The molecule has 0 saturated carbocycles. The molecule has 0 heterocycles. The van der Waals surface area contributed by atoms with Crippen LogP contribution in [0.4, 0.5) is 0 Å². The molecule has 0 saturated heterocycles. The van der Waals surface area contributed by atoms with Gasteiger partial charge in [0.2, 0.25) is 0 Å². The molecule has 0 aromatic carbocycles. The lowest BCUT2D eigenvalue weighted by molar-refractivity contribution is 0.204. The second-order valence-corrected chi connectivity index (χ2v) is 13.5. The molecule has 2 atom stereocenters. The van der Waals surface area contributed by atoms with Gasteiger partial charge in [-0.25, -0.2) is 0 Å². The van der Waals surface area contributed by atoms with E-state index < -0.39 is 18.6 Å². The Balaban J connectivity index is 0. The molecule has 0 fully saturated rings. The standard InChI is InChI=1S/C16H38O4S2Si2.H4Si/c1-7-17-23(18-8-2)15(5)11-13-21-22-14-12-16(6)24(19-9-3)20-10-4;/h15-16,23-24H,7-14H2,1-6H3;1H4. The van der Waals surface area contributed by atoms with Gasteiger partial charge in [0.1, 0.15) is 0 Å². The third-order valence-electron chi connectivity index (χ3n) is 3.65. The highest BCUT2D eigenvalue weighted by Crippen LogP contribution is 2.29. The fourth-order valence-electron chi connectivity index (χ4n) is 2.27. The molecule has 154 valence electrons. The second kappa shape index (κ2) is 19.9. The fraction of sp³-hybridized carbons (Fsp3) is 1.00. The van der Waals surface area contributed by atoms with E-state index in [9.17, 15) is 0 Å². The average Bonchev–Trinajstić information content (AvgIpc) is 2.57. The van der Waals surface area contributed by atoms with Crippen molar-refractivity contribution in [1.29, 1.82) is 0 Å². The Bertz CT molecular complexity index is 244. The van der Waals surface area contributed by atoms with Crippen molar-refractivity contribution < 1.29 is 17.7 Å². The first-order valence-corrected chi connectivity index (χ1v) is 15.0. The van der Waals surface area contributed by atoms with E-state index in [0.29, 0.717) is 11.1 Å². The van der Waals surface area contributed by atoms with Gasteiger partial charge in [-0.1, -0.05) is 35.4 Å². The van der Waals surface area contributed by atoms with Crippen molar-refractivity contribution in [1.82, 2.24) is 0 Å². The van der Waals surface area contributed by atoms with Gasteiger partial charge in [-0.15, -0.1) is 0 Å². The molecule has 0 aliphatic rings. The van der Waals surface area contributed by atoms with Gasteiger partial charge in [-0.2, -0.15) is 0 Å². The molecule has 2 unspecified atom stereocenters. The van der Waals surface area contributed by atoms with Crippen LogP contribution in [0.3, 0.4) is 0 Å². The van der Waals surface area contributed by atoms with Gasteiger partial charge < -0.3 is 17.7 Å². The lowest BCUT2D eigenvalue weighted by Gasteiger charge is -2.22. The number of hydrogen-bond donors (Lipinski definition) is 0. The van der Waals surface area contributed by atoms with Crippen LogP contribution in [0.1, 0.15) is 54.4 Å². The van der Waals surface area contributed by atoms with Crippen LogP contribution in [0.2, 0.25) is 11.1 Å². The lowest BCUT2D eigenvalue weighted by atomic mass is 10.4. The minimum absolute atomic E-state index is 0. The molecule has 0 aromatic rings. The summed E-state index contributed by atoms with van der Waals surface area (Å²) in [5, 5.41) is 0. The summed E-state index contributed by atoms with van der Waals surface area (Å²) < 4.78 is 23.2. The molecule has 0 aromatic heterocycles. The largest absolute Gasteiger partial charge is 0.397 e. The van der Waals surface area contributed by atoms with Gasteiger partial charge in [0, 0.05) is 37.9 Å². The Labute approximate surface area is 172 Å². The lowest BCUT2D eigenvalue weighted by Crippen LogP contribution is -2.28. The summed E-state index contributed by atoms with van der Waals surface area (Å²) in [6.45, 7) is 15.8. The maximum Gasteiger partial charge on any atom is 0.324 e. The van der Waals surface area contributed by atoms with Gasteiger partial charge in [-0.3, -0.25) is 0 Å². The summed E-state index contributed by atoms with van der Waals surface area (Å²) in [5.41, 5.74) is 1.15. The number of hydrogen-bond acceptors (Lipinski definition) is 6. The second-order valence-electron chi connectivity index (χ2n) is 5.73. The zero-order valence-electron chi connectivity index (χ0n) is 16.4. The van der Waals surface area contributed by atoms with Crippen LogP contribution in [0, 0.1) is 0 Å². The minimum Gasteiger partial charge on any atom is -0.397 e. The Morgan fingerprint density at radius 1 is 0.640 bits per heavy atom. The quantitative estimate of drug-likeness (QED) is 0.194. The molecule has 0 bridgehead atoms. The predicted molar refractivity (Wildman–Crippen MR) is 125 cm³/mol. The Morgan fingerprint density at radius 3 is 1.16 bits per heavy atom. The van der Waals surface area contributed by atoms with E-state index in [1.54, 1.807) is 0 Å². The van der Waals surface area contributed by atoms with Gasteiger partial charge >= 0.3 is 18.6 Å². The maximum absolute atomic E-state index is 5.80. The molecular formula is C16H42O4S2Si3. The van der Waals surface area contributed by atoms with Gasteiger partial charge in [0.25, 0.3) is 0 Å². The van der Waals surface area contributed by atoms with E-state index in [1.807, 2.05) is 21.6 Å². The van der Waals surface area contributed by atoms with Crippen LogP contribution in [-0.4, -0.2) is 67.5 Å². The zero-order chi connectivity index (χ0) is 18.2. The van der Waals surface area contributed by atoms with Crippen LogP contribution in [-0.2, 0) is 17.7 Å². The summed E-state index contributed by atoms with van der Waals surface area (Å²) in [4.78, 5) is 0. The first-order valence-electron chi connectivity index (χ1n) is 9.31. The van der Waals surface area contributed by atoms with E-state index in [-0.39, 0.29) is 11.0 Å². The average molecular weight is 447 g/mol. The molecule has 0 amide bonds. The van der Waals surface area contributed by atoms with Crippen molar-refractivity contribution >= 4 is 51.1 Å². The maximum atomic E-state index is 5.80. The van der Waals surface area contributed by atoms with Crippen molar-refractivity contribution in [3.05, 3.63) is 0 Å². The fourth-order valence-corrected chi connectivity index (χ4v) is 8.91. The molecular weight excluding hydrogens is 405 g/mol. The molecule has 0 aliphatic carbocycles. The minimum atomic E-state index is -1.48. The van der Waals surface area contributed by atoms with Crippen molar-refractivity contribution in [3.63, 3.8) is 0 Å². The Hall–Kier alpha value is 1.19. The monoisotopic (exact) mass is 446 g/mol. The van der Waals surface area contributed by atoms with Gasteiger partial charge in [0.15, 0.2) is 0 Å². The first-order chi connectivity index (χ1) is 11.6. The molecule has 0 N–H and O–H groups in total. The van der Waals surface area contributed by atoms with E-state index in [1.165, 1.54) is 24.3 Å². The third kappa shape index (κ3) is 14.9.